The van der Waals surface area contributed by atoms with Gasteiger partial charge in [0.15, 0.2) is 0 Å². The van der Waals surface area contributed by atoms with E-state index in [-0.39, 0.29) is 5.91 Å². The first kappa shape index (κ1) is 13.2. The molecule has 0 unspecified atom stereocenters. The molecule has 0 aliphatic rings. The van der Waals surface area contributed by atoms with Crippen molar-refractivity contribution in [3.05, 3.63) is 30.1 Å². The fraction of sp³-hybridized carbons (Fsp3) is 0.333. The molecular formula is C12H16N6O. The summed E-state index contributed by atoms with van der Waals surface area (Å²) in [5, 5.41) is 13.8. The SMILES string of the molecule is CC[C@@H](N)C(=O)Nc1cc(-n2cnnn2)ccc1C. The molecule has 100 valence electrons. The normalized spacial score (nSPS) is 12.2. The maximum Gasteiger partial charge on any atom is 0.241 e. The van der Waals surface area contributed by atoms with Gasteiger partial charge in [-0.2, -0.15) is 0 Å². The van der Waals surface area contributed by atoms with Crippen molar-refractivity contribution >= 4 is 11.6 Å². The second-order valence-corrected chi connectivity index (χ2v) is 4.26. The van der Waals surface area contributed by atoms with E-state index in [1.165, 1.54) is 11.0 Å². The van der Waals surface area contributed by atoms with Gasteiger partial charge in [0.1, 0.15) is 6.33 Å². The van der Waals surface area contributed by atoms with Crippen LogP contribution in [0.15, 0.2) is 24.5 Å². The Labute approximate surface area is 110 Å². The summed E-state index contributed by atoms with van der Waals surface area (Å²) in [7, 11) is 0. The van der Waals surface area contributed by atoms with Gasteiger partial charge in [0, 0.05) is 5.69 Å². The average Bonchev–Trinajstić information content (AvgIpc) is 2.94. The number of rotatable bonds is 4. The van der Waals surface area contributed by atoms with Gasteiger partial charge in [0.25, 0.3) is 0 Å². The number of hydrogen-bond acceptors (Lipinski definition) is 5. The predicted molar refractivity (Wildman–Crippen MR) is 70.8 cm³/mol. The van der Waals surface area contributed by atoms with Crippen molar-refractivity contribution < 1.29 is 4.79 Å². The first-order valence-electron chi connectivity index (χ1n) is 6.02. The molecule has 3 N–H and O–H groups in total. The maximum absolute atomic E-state index is 11.8. The standard InChI is InChI=1S/C12H16N6O/c1-3-10(13)12(19)15-11-6-9(5-4-8(11)2)18-7-14-16-17-18/h4-7,10H,3,13H2,1-2H3,(H,15,19)/t10-/m1/s1. The molecule has 0 saturated carbocycles. The van der Waals surface area contributed by atoms with Crippen LogP contribution in [-0.2, 0) is 4.79 Å². The van der Waals surface area contributed by atoms with Crippen molar-refractivity contribution in [1.29, 1.82) is 0 Å². The first-order valence-corrected chi connectivity index (χ1v) is 6.02. The maximum atomic E-state index is 11.8. The van der Waals surface area contributed by atoms with Gasteiger partial charge in [-0.15, -0.1) is 5.10 Å². The average molecular weight is 260 g/mol. The van der Waals surface area contributed by atoms with Gasteiger partial charge in [-0.05, 0) is 41.5 Å². The number of carbonyl (C=O) groups excluding carboxylic acids is 1. The lowest BCUT2D eigenvalue weighted by Crippen LogP contribution is -2.35. The molecule has 0 fully saturated rings. The van der Waals surface area contributed by atoms with Gasteiger partial charge < -0.3 is 11.1 Å². The smallest absolute Gasteiger partial charge is 0.241 e. The van der Waals surface area contributed by atoms with Crippen molar-refractivity contribution in [2.75, 3.05) is 5.32 Å². The molecule has 0 bridgehead atoms. The Morgan fingerprint density at radius 2 is 2.32 bits per heavy atom. The highest BCUT2D eigenvalue weighted by atomic mass is 16.2. The number of amides is 1. The lowest BCUT2D eigenvalue weighted by atomic mass is 10.1. The molecule has 0 spiro atoms. The Balaban J connectivity index is 2.25. The molecule has 1 heterocycles. The summed E-state index contributed by atoms with van der Waals surface area (Å²) in [5.41, 5.74) is 8.13. The van der Waals surface area contributed by atoms with Crippen LogP contribution in [0.3, 0.4) is 0 Å². The molecule has 1 amide bonds. The van der Waals surface area contributed by atoms with Crippen LogP contribution in [-0.4, -0.2) is 32.2 Å². The van der Waals surface area contributed by atoms with E-state index in [9.17, 15) is 4.79 Å². The summed E-state index contributed by atoms with van der Waals surface area (Å²) in [6.07, 6.45) is 2.09. The molecule has 0 aliphatic carbocycles. The van der Waals surface area contributed by atoms with Gasteiger partial charge in [-0.1, -0.05) is 13.0 Å². The molecule has 2 rings (SSSR count). The van der Waals surface area contributed by atoms with Gasteiger partial charge in [0.2, 0.25) is 5.91 Å². The number of tetrazole rings is 1. The van der Waals surface area contributed by atoms with E-state index < -0.39 is 6.04 Å². The lowest BCUT2D eigenvalue weighted by Gasteiger charge is -2.13. The minimum atomic E-state index is -0.504. The number of hydrogen-bond donors (Lipinski definition) is 2. The molecule has 19 heavy (non-hydrogen) atoms. The number of nitrogens with two attached hydrogens (primary N) is 1. The monoisotopic (exact) mass is 260 g/mol. The molecule has 1 atom stereocenters. The second kappa shape index (κ2) is 5.57. The predicted octanol–water partition coefficient (Wildman–Crippen LogP) is 0.647. The van der Waals surface area contributed by atoms with Crippen LogP contribution in [0, 0.1) is 6.92 Å². The summed E-state index contributed by atoms with van der Waals surface area (Å²) in [6, 6.07) is 5.08. The number of aryl methyl sites for hydroxylation is 1. The summed E-state index contributed by atoms with van der Waals surface area (Å²) >= 11 is 0. The summed E-state index contributed by atoms with van der Waals surface area (Å²) < 4.78 is 1.52. The Bertz CT molecular complexity index is 566. The number of aromatic nitrogens is 4. The van der Waals surface area contributed by atoms with E-state index in [1.54, 1.807) is 0 Å². The zero-order valence-electron chi connectivity index (χ0n) is 10.9. The molecule has 2 aromatic rings. The molecule has 0 aliphatic heterocycles. The van der Waals surface area contributed by atoms with Crippen LogP contribution < -0.4 is 11.1 Å². The number of nitrogens with zero attached hydrogens (tertiary/aromatic N) is 4. The lowest BCUT2D eigenvalue weighted by molar-refractivity contribution is -0.117. The van der Waals surface area contributed by atoms with Crippen LogP contribution in [0.25, 0.3) is 5.69 Å². The fourth-order valence-corrected chi connectivity index (χ4v) is 1.58. The Hall–Kier alpha value is -2.28. The third kappa shape index (κ3) is 2.94. The van der Waals surface area contributed by atoms with E-state index in [0.29, 0.717) is 12.1 Å². The summed E-state index contributed by atoms with van der Waals surface area (Å²) in [6.45, 7) is 3.78. The van der Waals surface area contributed by atoms with E-state index in [4.69, 9.17) is 5.73 Å². The third-order valence-corrected chi connectivity index (χ3v) is 2.87. The largest absolute Gasteiger partial charge is 0.324 e. The number of nitrogens with one attached hydrogen (secondary N) is 1. The van der Waals surface area contributed by atoms with E-state index in [2.05, 4.69) is 20.8 Å². The minimum absolute atomic E-state index is 0.195. The Morgan fingerprint density at radius 1 is 1.53 bits per heavy atom. The van der Waals surface area contributed by atoms with Crippen molar-refractivity contribution in [3.8, 4) is 5.69 Å². The molecule has 7 nitrogen and oxygen atoms in total. The summed E-state index contributed by atoms with van der Waals surface area (Å²) in [5.74, 6) is -0.195. The number of benzene rings is 1. The van der Waals surface area contributed by atoms with Crippen molar-refractivity contribution in [1.82, 2.24) is 20.2 Å². The van der Waals surface area contributed by atoms with Crippen LogP contribution in [0.5, 0.6) is 0 Å². The van der Waals surface area contributed by atoms with E-state index >= 15 is 0 Å². The number of carbonyl (C=O) groups is 1. The first-order chi connectivity index (χ1) is 9.11. The van der Waals surface area contributed by atoms with Gasteiger partial charge in [-0.25, -0.2) is 4.68 Å². The van der Waals surface area contributed by atoms with Gasteiger partial charge in [0.05, 0.1) is 11.7 Å². The number of anilines is 1. The zero-order chi connectivity index (χ0) is 13.8. The van der Waals surface area contributed by atoms with Crippen LogP contribution in [0.4, 0.5) is 5.69 Å². The van der Waals surface area contributed by atoms with Crippen LogP contribution in [0.1, 0.15) is 18.9 Å². The highest BCUT2D eigenvalue weighted by molar-refractivity contribution is 5.95. The topological polar surface area (TPSA) is 98.7 Å². The van der Waals surface area contributed by atoms with E-state index in [0.717, 1.165) is 11.3 Å². The molecular weight excluding hydrogens is 244 g/mol. The minimum Gasteiger partial charge on any atom is -0.324 e. The molecule has 0 saturated heterocycles. The molecule has 0 radical (unpaired) electrons. The molecule has 7 heteroatoms. The quantitative estimate of drug-likeness (QED) is 0.840. The zero-order valence-corrected chi connectivity index (χ0v) is 10.9. The Morgan fingerprint density at radius 3 is 2.95 bits per heavy atom. The summed E-state index contributed by atoms with van der Waals surface area (Å²) in [4.78, 5) is 11.8. The van der Waals surface area contributed by atoms with Gasteiger partial charge in [-0.3, -0.25) is 4.79 Å². The second-order valence-electron chi connectivity index (χ2n) is 4.26. The van der Waals surface area contributed by atoms with Gasteiger partial charge >= 0.3 is 0 Å². The molecule has 1 aromatic carbocycles. The third-order valence-electron chi connectivity index (χ3n) is 2.87. The van der Waals surface area contributed by atoms with Crippen molar-refractivity contribution in [3.63, 3.8) is 0 Å². The van der Waals surface area contributed by atoms with Crippen molar-refractivity contribution in [2.45, 2.75) is 26.3 Å². The highest BCUT2D eigenvalue weighted by Crippen LogP contribution is 2.19. The van der Waals surface area contributed by atoms with Crippen LogP contribution >= 0.6 is 0 Å². The molecule has 1 aromatic heterocycles. The van der Waals surface area contributed by atoms with Crippen molar-refractivity contribution in [2.24, 2.45) is 5.73 Å². The Kier molecular flexibility index (Phi) is 3.86. The fourth-order valence-electron chi connectivity index (χ4n) is 1.58. The van der Waals surface area contributed by atoms with Crippen LogP contribution in [0.2, 0.25) is 0 Å². The van der Waals surface area contributed by atoms with E-state index in [1.807, 2.05) is 32.0 Å². The highest BCUT2D eigenvalue weighted by Gasteiger charge is 2.12.